The molecule has 0 saturated carbocycles. The summed E-state index contributed by atoms with van der Waals surface area (Å²) in [7, 11) is 0. The van der Waals surface area contributed by atoms with E-state index in [0.29, 0.717) is 0 Å². The average Bonchev–Trinajstić information content (AvgIpc) is 2.75. The zero-order valence-electron chi connectivity index (χ0n) is 19.9. The third-order valence-electron chi connectivity index (χ3n) is 6.23. The summed E-state index contributed by atoms with van der Waals surface area (Å²) in [6, 6.07) is 0. The molecule has 1 aromatic rings. The standard InChI is InChI=1S/C27H45I3/c1-4-7-10-13-16-19-22-23(20-17-14-11-8-5-2)25(28)27(30)26(29)24(22)21-18-15-12-9-6-3/h4-21H2,1-3H3. The predicted molar refractivity (Wildman–Crippen MR) is 162 cm³/mol. The minimum Gasteiger partial charge on any atom is -0.0654 e. The number of hydrogen-bond acceptors (Lipinski definition) is 0. The van der Waals surface area contributed by atoms with Gasteiger partial charge in [0.25, 0.3) is 0 Å². The second-order valence-corrected chi connectivity index (χ2v) is 12.1. The molecule has 0 nitrogen and oxygen atoms in total. The summed E-state index contributed by atoms with van der Waals surface area (Å²) in [4.78, 5) is 0. The second-order valence-electron chi connectivity index (χ2n) is 8.87. The average molecular weight is 750 g/mol. The van der Waals surface area contributed by atoms with Crippen LogP contribution in [-0.2, 0) is 19.3 Å². The second kappa shape index (κ2) is 18.8. The van der Waals surface area contributed by atoms with E-state index in [0.717, 1.165) is 0 Å². The monoisotopic (exact) mass is 750 g/mol. The van der Waals surface area contributed by atoms with Gasteiger partial charge in [0.1, 0.15) is 0 Å². The van der Waals surface area contributed by atoms with Crippen LogP contribution in [-0.4, -0.2) is 0 Å². The smallest absolute Gasteiger partial charge is 0.0403 e. The molecule has 0 aliphatic rings. The number of halogens is 3. The van der Waals surface area contributed by atoms with Crippen LogP contribution in [0.25, 0.3) is 0 Å². The first-order valence-electron chi connectivity index (χ1n) is 12.7. The molecule has 0 amide bonds. The van der Waals surface area contributed by atoms with Gasteiger partial charge in [0.15, 0.2) is 0 Å². The minimum atomic E-state index is 1.29. The molecular formula is C27H45I3. The van der Waals surface area contributed by atoms with Gasteiger partial charge in [0, 0.05) is 10.7 Å². The van der Waals surface area contributed by atoms with Crippen molar-refractivity contribution in [2.24, 2.45) is 0 Å². The van der Waals surface area contributed by atoms with E-state index in [1.54, 1.807) is 23.8 Å². The van der Waals surface area contributed by atoms with E-state index in [-0.39, 0.29) is 0 Å². The van der Waals surface area contributed by atoms with Crippen LogP contribution in [0.5, 0.6) is 0 Å². The van der Waals surface area contributed by atoms with Gasteiger partial charge < -0.3 is 0 Å². The molecule has 0 aromatic heterocycles. The van der Waals surface area contributed by atoms with Crippen molar-refractivity contribution >= 4 is 67.8 Å². The third-order valence-corrected chi connectivity index (χ3v) is 11.8. The Balaban J connectivity index is 2.98. The van der Waals surface area contributed by atoms with E-state index >= 15 is 0 Å². The van der Waals surface area contributed by atoms with Crippen molar-refractivity contribution in [3.63, 3.8) is 0 Å². The molecule has 0 N–H and O–H groups in total. The molecular weight excluding hydrogens is 705 g/mol. The van der Waals surface area contributed by atoms with Gasteiger partial charge in [-0.2, -0.15) is 0 Å². The van der Waals surface area contributed by atoms with Gasteiger partial charge in [-0.15, -0.1) is 0 Å². The first-order chi connectivity index (χ1) is 14.6. The van der Waals surface area contributed by atoms with Gasteiger partial charge in [0.2, 0.25) is 0 Å². The molecule has 0 aliphatic carbocycles. The molecule has 0 heterocycles. The van der Waals surface area contributed by atoms with E-state index in [1.807, 2.05) is 0 Å². The topological polar surface area (TPSA) is 0 Å². The number of benzene rings is 1. The number of unbranched alkanes of at least 4 members (excludes halogenated alkanes) is 12. The van der Waals surface area contributed by atoms with Crippen molar-refractivity contribution in [3.8, 4) is 0 Å². The fourth-order valence-corrected chi connectivity index (χ4v) is 7.24. The third kappa shape index (κ3) is 11.0. The quantitative estimate of drug-likeness (QED) is 0.0796. The number of rotatable bonds is 18. The van der Waals surface area contributed by atoms with Gasteiger partial charge in [-0.3, -0.25) is 0 Å². The molecule has 30 heavy (non-hydrogen) atoms. The van der Waals surface area contributed by atoms with Crippen molar-refractivity contribution in [3.05, 3.63) is 27.4 Å². The van der Waals surface area contributed by atoms with Crippen LogP contribution in [0, 0.1) is 10.7 Å². The van der Waals surface area contributed by atoms with Gasteiger partial charge in [-0.25, -0.2) is 0 Å². The Morgan fingerprint density at radius 3 is 1.00 bits per heavy atom. The molecule has 0 unspecified atom stereocenters. The van der Waals surface area contributed by atoms with Crippen molar-refractivity contribution in [1.29, 1.82) is 0 Å². The Hall–Kier alpha value is 1.41. The van der Waals surface area contributed by atoms with Crippen LogP contribution in [0.1, 0.15) is 134 Å². The zero-order valence-corrected chi connectivity index (χ0v) is 26.3. The van der Waals surface area contributed by atoms with Gasteiger partial charge in [-0.1, -0.05) is 97.8 Å². The highest BCUT2D eigenvalue weighted by Gasteiger charge is 2.19. The fourth-order valence-electron chi connectivity index (χ4n) is 4.35. The Bertz CT molecular complexity index is 539. The van der Waals surface area contributed by atoms with Crippen LogP contribution >= 0.6 is 67.8 Å². The Morgan fingerprint density at radius 2 is 0.667 bits per heavy atom. The highest BCUT2D eigenvalue weighted by molar-refractivity contribution is 14.1. The van der Waals surface area contributed by atoms with Crippen LogP contribution in [0.15, 0.2) is 0 Å². The maximum absolute atomic E-state index is 2.66. The highest BCUT2D eigenvalue weighted by atomic mass is 127. The molecule has 0 spiro atoms. The summed E-state index contributed by atoms with van der Waals surface area (Å²) in [6.07, 6.45) is 24.6. The molecule has 0 bridgehead atoms. The summed E-state index contributed by atoms with van der Waals surface area (Å²) in [5, 5.41) is 0. The van der Waals surface area contributed by atoms with Crippen LogP contribution in [0.2, 0.25) is 0 Å². The number of hydrogen-bond donors (Lipinski definition) is 0. The van der Waals surface area contributed by atoms with E-state index in [1.165, 1.54) is 119 Å². The molecule has 0 fully saturated rings. The zero-order chi connectivity index (χ0) is 22.2. The first-order valence-corrected chi connectivity index (χ1v) is 16.0. The summed E-state index contributed by atoms with van der Waals surface area (Å²) >= 11 is 7.95. The Labute approximate surface area is 229 Å². The lowest BCUT2D eigenvalue weighted by Crippen LogP contribution is -2.10. The fraction of sp³-hybridized carbons (Fsp3) is 0.778. The Morgan fingerprint density at radius 1 is 0.367 bits per heavy atom. The summed E-state index contributed by atoms with van der Waals surface area (Å²) in [5.41, 5.74) is 5.19. The van der Waals surface area contributed by atoms with Gasteiger partial charge in [0.05, 0.1) is 0 Å². The predicted octanol–water partition coefficient (Wildman–Crippen LogP) is 11.0. The maximum Gasteiger partial charge on any atom is 0.0403 e. The molecule has 3 heteroatoms. The van der Waals surface area contributed by atoms with Gasteiger partial charge >= 0.3 is 0 Å². The highest BCUT2D eigenvalue weighted by Crippen LogP contribution is 2.35. The SMILES string of the molecule is CCCCCCCc1c(I)c(I)c(I)c(CCCCCCC)c1CCCCCCC. The van der Waals surface area contributed by atoms with E-state index in [9.17, 15) is 0 Å². The lowest BCUT2D eigenvalue weighted by molar-refractivity contribution is 0.611. The Kier molecular flexibility index (Phi) is 18.4. The first kappa shape index (κ1) is 29.4. The van der Waals surface area contributed by atoms with Crippen LogP contribution in [0.4, 0.5) is 0 Å². The normalized spacial score (nSPS) is 11.4. The molecule has 0 atom stereocenters. The van der Waals surface area contributed by atoms with E-state index < -0.39 is 0 Å². The molecule has 0 radical (unpaired) electrons. The van der Waals surface area contributed by atoms with Crippen molar-refractivity contribution in [2.45, 2.75) is 136 Å². The minimum absolute atomic E-state index is 1.29. The molecule has 1 aromatic carbocycles. The van der Waals surface area contributed by atoms with Crippen LogP contribution < -0.4 is 0 Å². The van der Waals surface area contributed by atoms with Crippen molar-refractivity contribution < 1.29 is 0 Å². The summed E-state index contributed by atoms with van der Waals surface area (Å²) in [5.74, 6) is 0. The van der Waals surface area contributed by atoms with Crippen LogP contribution in [0.3, 0.4) is 0 Å². The van der Waals surface area contributed by atoms with Gasteiger partial charge in [-0.05, 0) is 123 Å². The van der Waals surface area contributed by atoms with Crippen molar-refractivity contribution in [2.75, 3.05) is 0 Å². The molecule has 0 saturated heterocycles. The van der Waals surface area contributed by atoms with E-state index in [2.05, 4.69) is 88.5 Å². The lowest BCUT2D eigenvalue weighted by atomic mass is 9.90. The molecule has 174 valence electrons. The summed E-state index contributed by atoms with van der Waals surface area (Å²) in [6.45, 7) is 6.94. The van der Waals surface area contributed by atoms with Crippen molar-refractivity contribution in [1.82, 2.24) is 0 Å². The largest absolute Gasteiger partial charge is 0.0654 e. The molecule has 0 aliphatic heterocycles. The summed E-state index contributed by atoms with van der Waals surface area (Å²) < 4.78 is 4.65. The lowest BCUT2D eigenvalue weighted by Gasteiger charge is -2.21. The maximum atomic E-state index is 2.66. The molecule has 1 rings (SSSR count). The van der Waals surface area contributed by atoms with E-state index in [4.69, 9.17) is 0 Å².